The third kappa shape index (κ3) is 4.77. The molecule has 1 heterocycles. The van der Waals surface area contributed by atoms with E-state index < -0.39 is 0 Å². The van der Waals surface area contributed by atoms with E-state index in [0.717, 1.165) is 25.1 Å². The van der Waals surface area contributed by atoms with E-state index >= 15 is 0 Å². The Morgan fingerprint density at radius 2 is 2.00 bits per heavy atom. The lowest BCUT2D eigenvalue weighted by atomic mass is 10.1. The van der Waals surface area contributed by atoms with Gasteiger partial charge in [0.15, 0.2) is 0 Å². The third-order valence-electron chi connectivity index (χ3n) is 3.55. The quantitative estimate of drug-likeness (QED) is 0.779. The number of ether oxygens (including phenoxy) is 2. The molecule has 0 aromatic heterocycles. The van der Waals surface area contributed by atoms with Gasteiger partial charge in [-0.2, -0.15) is 0 Å². The standard InChI is InChI=1S/C16H21NO4/c1-20-16(19)10-9-15(18)17-11-5-8-14(12-17)21-13-6-3-2-4-7-13/h2-4,6-7,14H,5,8-12H2,1H3. The summed E-state index contributed by atoms with van der Waals surface area (Å²) in [4.78, 5) is 24.9. The lowest BCUT2D eigenvalue weighted by molar-refractivity contribution is -0.144. The zero-order valence-corrected chi connectivity index (χ0v) is 12.3. The maximum absolute atomic E-state index is 12.1. The number of amides is 1. The van der Waals surface area contributed by atoms with Gasteiger partial charge in [-0.15, -0.1) is 0 Å². The van der Waals surface area contributed by atoms with E-state index in [9.17, 15) is 9.59 Å². The highest BCUT2D eigenvalue weighted by molar-refractivity contribution is 5.81. The topological polar surface area (TPSA) is 55.8 Å². The van der Waals surface area contributed by atoms with Crippen molar-refractivity contribution in [2.75, 3.05) is 20.2 Å². The molecule has 1 aliphatic rings. The molecule has 0 radical (unpaired) electrons. The van der Waals surface area contributed by atoms with Crippen molar-refractivity contribution in [2.45, 2.75) is 31.8 Å². The molecular weight excluding hydrogens is 270 g/mol. The number of carbonyl (C=O) groups excluding carboxylic acids is 2. The molecule has 0 spiro atoms. The number of benzene rings is 1. The molecule has 0 aliphatic carbocycles. The monoisotopic (exact) mass is 291 g/mol. The van der Waals surface area contributed by atoms with Crippen LogP contribution in [0.5, 0.6) is 5.75 Å². The number of hydrogen-bond acceptors (Lipinski definition) is 4. The Morgan fingerprint density at radius 3 is 2.71 bits per heavy atom. The van der Waals surface area contributed by atoms with Crippen molar-refractivity contribution in [1.82, 2.24) is 4.90 Å². The Bertz CT molecular complexity index is 474. The average molecular weight is 291 g/mol. The molecule has 1 saturated heterocycles. The van der Waals surface area contributed by atoms with Crippen LogP contribution in [0.1, 0.15) is 25.7 Å². The second-order valence-electron chi connectivity index (χ2n) is 5.11. The van der Waals surface area contributed by atoms with Gasteiger partial charge >= 0.3 is 5.97 Å². The molecule has 0 N–H and O–H groups in total. The van der Waals surface area contributed by atoms with Crippen molar-refractivity contribution < 1.29 is 19.1 Å². The first kappa shape index (κ1) is 15.4. The van der Waals surface area contributed by atoms with Crippen LogP contribution in [-0.4, -0.2) is 43.1 Å². The summed E-state index contributed by atoms with van der Waals surface area (Å²) < 4.78 is 10.5. The Labute approximate surface area is 124 Å². The Hall–Kier alpha value is -2.04. The normalized spacial score (nSPS) is 18.1. The smallest absolute Gasteiger partial charge is 0.306 e. The lowest BCUT2D eigenvalue weighted by Crippen LogP contribution is -2.44. The van der Waals surface area contributed by atoms with E-state index in [1.807, 2.05) is 30.3 Å². The second kappa shape index (κ2) is 7.67. The fourth-order valence-electron chi connectivity index (χ4n) is 2.42. The number of methoxy groups -OCH3 is 1. The van der Waals surface area contributed by atoms with Gasteiger partial charge in [0.2, 0.25) is 5.91 Å². The predicted molar refractivity (Wildman–Crippen MR) is 77.9 cm³/mol. The summed E-state index contributed by atoms with van der Waals surface area (Å²) in [7, 11) is 1.33. The number of rotatable bonds is 5. The summed E-state index contributed by atoms with van der Waals surface area (Å²) in [6.45, 7) is 1.31. The molecule has 5 nitrogen and oxygen atoms in total. The zero-order chi connectivity index (χ0) is 15.1. The zero-order valence-electron chi connectivity index (χ0n) is 12.3. The minimum Gasteiger partial charge on any atom is -0.489 e. The van der Waals surface area contributed by atoms with E-state index in [4.69, 9.17) is 4.74 Å². The van der Waals surface area contributed by atoms with Crippen LogP contribution in [0.2, 0.25) is 0 Å². The van der Waals surface area contributed by atoms with Crippen molar-refractivity contribution in [3.05, 3.63) is 30.3 Å². The number of esters is 1. The van der Waals surface area contributed by atoms with Crippen LogP contribution in [0.4, 0.5) is 0 Å². The summed E-state index contributed by atoms with van der Waals surface area (Å²) in [6, 6.07) is 9.63. The first-order chi connectivity index (χ1) is 10.2. The predicted octanol–water partition coefficient (Wildman–Crippen LogP) is 2.01. The minimum atomic E-state index is -0.350. The summed E-state index contributed by atoms with van der Waals surface area (Å²) >= 11 is 0. The van der Waals surface area contributed by atoms with Gasteiger partial charge in [0.1, 0.15) is 11.9 Å². The Balaban J connectivity index is 1.82. The first-order valence-corrected chi connectivity index (χ1v) is 7.25. The van der Waals surface area contributed by atoms with Crippen LogP contribution in [0.15, 0.2) is 30.3 Å². The van der Waals surface area contributed by atoms with Crippen LogP contribution in [0, 0.1) is 0 Å². The highest BCUT2D eigenvalue weighted by Crippen LogP contribution is 2.18. The lowest BCUT2D eigenvalue weighted by Gasteiger charge is -2.33. The van der Waals surface area contributed by atoms with Gasteiger partial charge in [-0.05, 0) is 25.0 Å². The fraction of sp³-hybridized carbons (Fsp3) is 0.500. The Morgan fingerprint density at radius 1 is 1.24 bits per heavy atom. The van der Waals surface area contributed by atoms with Crippen LogP contribution >= 0.6 is 0 Å². The second-order valence-corrected chi connectivity index (χ2v) is 5.11. The van der Waals surface area contributed by atoms with Crippen molar-refractivity contribution >= 4 is 11.9 Å². The van der Waals surface area contributed by atoms with Crippen molar-refractivity contribution in [3.63, 3.8) is 0 Å². The first-order valence-electron chi connectivity index (χ1n) is 7.25. The van der Waals surface area contributed by atoms with Gasteiger partial charge in [-0.25, -0.2) is 0 Å². The van der Waals surface area contributed by atoms with Crippen LogP contribution in [0.25, 0.3) is 0 Å². The van der Waals surface area contributed by atoms with E-state index in [1.165, 1.54) is 7.11 Å². The third-order valence-corrected chi connectivity index (χ3v) is 3.55. The molecule has 1 unspecified atom stereocenters. The van der Waals surface area contributed by atoms with Crippen LogP contribution in [-0.2, 0) is 14.3 Å². The molecule has 0 saturated carbocycles. The summed E-state index contributed by atoms with van der Waals surface area (Å²) in [6.07, 6.45) is 2.21. The van der Waals surface area contributed by atoms with Gasteiger partial charge in [0.25, 0.3) is 0 Å². The molecule has 5 heteroatoms. The van der Waals surface area contributed by atoms with Gasteiger partial charge in [0, 0.05) is 13.0 Å². The molecular formula is C16H21NO4. The van der Waals surface area contributed by atoms with Crippen LogP contribution in [0.3, 0.4) is 0 Å². The van der Waals surface area contributed by atoms with Crippen molar-refractivity contribution in [1.29, 1.82) is 0 Å². The summed E-state index contributed by atoms with van der Waals surface area (Å²) in [5.74, 6) is 0.463. The van der Waals surface area contributed by atoms with Crippen molar-refractivity contribution in [3.8, 4) is 5.75 Å². The van der Waals surface area contributed by atoms with Crippen LogP contribution < -0.4 is 4.74 Å². The number of carbonyl (C=O) groups is 2. The number of para-hydroxylation sites is 1. The average Bonchev–Trinajstić information content (AvgIpc) is 2.53. The number of piperidine rings is 1. The molecule has 21 heavy (non-hydrogen) atoms. The molecule has 1 amide bonds. The van der Waals surface area contributed by atoms with Crippen molar-refractivity contribution in [2.24, 2.45) is 0 Å². The SMILES string of the molecule is COC(=O)CCC(=O)N1CCCC(Oc2ccccc2)C1. The van der Waals surface area contributed by atoms with E-state index in [0.29, 0.717) is 6.54 Å². The molecule has 1 aromatic carbocycles. The van der Waals surface area contributed by atoms with Gasteiger partial charge in [-0.3, -0.25) is 9.59 Å². The number of nitrogens with zero attached hydrogens (tertiary/aromatic N) is 1. The maximum Gasteiger partial charge on any atom is 0.306 e. The fourth-order valence-corrected chi connectivity index (χ4v) is 2.42. The van der Waals surface area contributed by atoms with E-state index in [-0.39, 0.29) is 30.8 Å². The molecule has 2 rings (SSSR count). The maximum atomic E-state index is 12.1. The molecule has 1 fully saturated rings. The number of likely N-dealkylation sites (tertiary alicyclic amines) is 1. The van der Waals surface area contributed by atoms with E-state index in [2.05, 4.69) is 4.74 Å². The van der Waals surface area contributed by atoms with Gasteiger partial charge < -0.3 is 14.4 Å². The molecule has 114 valence electrons. The Kier molecular flexibility index (Phi) is 5.60. The van der Waals surface area contributed by atoms with Gasteiger partial charge in [0.05, 0.1) is 20.1 Å². The highest BCUT2D eigenvalue weighted by atomic mass is 16.5. The molecule has 1 aliphatic heterocycles. The highest BCUT2D eigenvalue weighted by Gasteiger charge is 2.25. The van der Waals surface area contributed by atoms with E-state index in [1.54, 1.807) is 4.90 Å². The van der Waals surface area contributed by atoms with Gasteiger partial charge in [-0.1, -0.05) is 18.2 Å². The minimum absolute atomic E-state index is 0.0123. The largest absolute Gasteiger partial charge is 0.489 e. The summed E-state index contributed by atoms with van der Waals surface area (Å²) in [5.41, 5.74) is 0. The molecule has 1 aromatic rings. The molecule has 1 atom stereocenters. The number of hydrogen-bond donors (Lipinski definition) is 0. The summed E-state index contributed by atoms with van der Waals surface area (Å²) in [5, 5.41) is 0. The molecule has 0 bridgehead atoms.